The van der Waals surface area contributed by atoms with Crippen LogP contribution < -0.4 is 15.1 Å². The van der Waals surface area contributed by atoms with Crippen LogP contribution in [0.15, 0.2) is 55.0 Å². The van der Waals surface area contributed by atoms with Gasteiger partial charge in [-0.05, 0) is 24.3 Å². The summed E-state index contributed by atoms with van der Waals surface area (Å²) in [4.78, 5) is 17.8. The van der Waals surface area contributed by atoms with Crippen LogP contribution in [0.2, 0.25) is 0 Å². The van der Waals surface area contributed by atoms with E-state index in [4.69, 9.17) is 0 Å². The van der Waals surface area contributed by atoms with Gasteiger partial charge in [-0.15, -0.1) is 5.10 Å². The lowest BCUT2D eigenvalue weighted by Gasteiger charge is -2.35. The minimum atomic E-state index is 0.514. The molecule has 0 amide bonds. The lowest BCUT2D eigenvalue weighted by molar-refractivity contribution is 0.639. The summed E-state index contributed by atoms with van der Waals surface area (Å²) >= 11 is 0. The van der Waals surface area contributed by atoms with Gasteiger partial charge in [0.05, 0.1) is 18.4 Å². The number of anilines is 3. The molecule has 1 aliphatic heterocycles. The van der Waals surface area contributed by atoms with Crippen LogP contribution in [0.5, 0.6) is 0 Å². The van der Waals surface area contributed by atoms with Gasteiger partial charge in [0.25, 0.3) is 0 Å². The van der Waals surface area contributed by atoms with E-state index in [9.17, 15) is 0 Å². The monoisotopic (exact) mass is 348 g/mol. The van der Waals surface area contributed by atoms with Crippen LogP contribution in [0, 0.1) is 0 Å². The molecule has 26 heavy (non-hydrogen) atoms. The number of pyridine rings is 2. The predicted molar refractivity (Wildman–Crippen MR) is 100 cm³/mol. The van der Waals surface area contributed by atoms with Gasteiger partial charge in [0, 0.05) is 38.6 Å². The number of hydrogen-bond donors (Lipinski definition) is 1. The smallest absolute Gasteiger partial charge is 0.245 e. The molecule has 1 fully saturated rings. The number of rotatable bonds is 5. The van der Waals surface area contributed by atoms with E-state index in [1.54, 1.807) is 12.4 Å². The highest BCUT2D eigenvalue weighted by Gasteiger charge is 2.19. The Hall–Kier alpha value is -3.29. The van der Waals surface area contributed by atoms with Gasteiger partial charge in [0.1, 0.15) is 5.82 Å². The zero-order chi connectivity index (χ0) is 17.6. The van der Waals surface area contributed by atoms with E-state index in [1.165, 1.54) is 0 Å². The standard InChI is InChI=1S/C18H20N8/c1-3-7-19-15(5-1)13-21-18-23-17(14-22-24-18)26-11-9-25(10-12-26)16-6-2-4-8-20-16/h1-8,14H,9-13H2,(H,21,23,24). The van der Waals surface area contributed by atoms with Crippen LogP contribution in [0.3, 0.4) is 0 Å². The highest BCUT2D eigenvalue weighted by atomic mass is 15.3. The molecular weight excluding hydrogens is 328 g/mol. The lowest BCUT2D eigenvalue weighted by atomic mass is 10.3. The molecule has 0 spiro atoms. The minimum Gasteiger partial charge on any atom is -0.353 e. The molecule has 3 aromatic rings. The van der Waals surface area contributed by atoms with Gasteiger partial charge in [-0.3, -0.25) is 4.98 Å². The summed E-state index contributed by atoms with van der Waals surface area (Å²) in [6.45, 7) is 4.11. The summed E-state index contributed by atoms with van der Waals surface area (Å²) < 4.78 is 0. The number of hydrogen-bond acceptors (Lipinski definition) is 8. The Morgan fingerprint density at radius 3 is 2.27 bits per heavy atom. The van der Waals surface area contributed by atoms with Crippen LogP contribution in [0.1, 0.15) is 5.69 Å². The van der Waals surface area contributed by atoms with Crippen molar-refractivity contribution in [2.45, 2.75) is 6.54 Å². The molecule has 0 unspecified atom stereocenters. The summed E-state index contributed by atoms with van der Waals surface area (Å²) in [5.74, 6) is 2.37. The van der Waals surface area contributed by atoms with Crippen LogP contribution >= 0.6 is 0 Å². The largest absolute Gasteiger partial charge is 0.353 e. The van der Waals surface area contributed by atoms with E-state index in [2.05, 4.69) is 40.3 Å². The molecular formula is C18H20N8. The van der Waals surface area contributed by atoms with Crippen molar-refractivity contribution in [2.24, 2.45) is 0 Å². The maximum absolute atomic E-state index is 4.59. The Morgan fingerprint density at radius 2 is 1.58 bits per heavy atom. The lowest BCUT2D eigenvalue weighted by Crippen LogP contribution is -2.47. The van der Waals surface area contributed by atoms with Crippen molar-refractivity contribution in [3.8, 4) is 0 Å². The van der Waals surface area contributed by atoms with Gasteiger partial charge in [-0.25, -0.2) is 4.98 Å². The third-order valence-corrected chi connectivity index (χ3v) is 4.28. The molecule has 4 rings (SSSR count). The van der Waals surface area contributed by atoms with Crippen molar-refractivity contribution in [3.05, 3.63) is 60.7 Å². The maximum atomic E-state index is 4.59. The maximum Gasteiger partial charge on any atom is 0.245 e. The quantitative estimate of drug-likeness (QED) is 0.744. The molecule has 1 N–H and O–H groups in total. The molecule has 1 saturated heterocycles. The van der Waals surface area contributed by atoms with Gasteiger partial charge in [0.2, 0.25) is 5.95 Å². The van der Waals surface area contributed by atoms with Crippen molar-refractivity contribution in [3.63, 3.8) is 0 Å². The molecule has 3 aromatic heterocycles. The Bertz CT molecular complexity index is 819. The second-order valence-electron chi connectivity index (χ2n) is 5.97. The van der Waals surface area contributed by atoms with Crippen molar-refractivity contribution in [1.82, 2.24) is 25.1 Å². The van der Waals surface area contributed by atoms with Crippen LogP contribution in [0.4, 0.5) is 17.6 Å². The minimum absolute atomic E-state index is 0.514. The second kappa shape index (κ2) is 7.73. The van der Waals surface area contributed by atoms with Crippen molar-refractivity contribution in [2.75, 3.05) is 41.3 Å². The highest BCUT2D eigenvalue weighted by Crippen LogP contribution is 2.17. The third kappa shape index (κ3) is 3.85. The third-order valence-electron chi connectivity index (χ3n) is 4.28. The van der Waals surface area contributed by atoms with Crippen molar-refractivity contribution >= 4 is 17.6 Å². The number of piperazine rings is 1. The molecule has 0 aromatic carbocycles. The zero-order valence-electron chi connectivity index (χ0n) is 14.4. The van der Waals surface area contributed by atoms with E-state index in [-0.39, 0.29) is 0 Å². The van der Waals surface area contributed by atoms with Gasteiger partial charge in [-0.1, -0.05) is 12.1 Å². The molecule has 4 heterocycles. The van der Waals surface area contributed by atoms with E-state index < -0.39 is 0 Å². The Labute approximate surface area is 152 Å². The normalized spacial score (nSPS) is 14.3. The zero-order valence-corrected chi connectivity index (χ0v) is 14.4. The van der Waals surface area contributed by atoms with Crippen LogP contribution in [-0.4, -0.2) is 51.3 Å². The summed E-state index contributed by atoms with van der Waals surface area (Å²) in [7, 11) is 0. The van der Waals surface area contributed by atoms with Crippen LogP contribution in [-0.2, 0) is 6.54 Å². The SMILES string of the molecule is c1ccc(CNc2nncc(N3CCN(c4ccccn4)CC3)n2)nc1. The first-order valence-corrected chi connectivity index (χ1v) is 8.63. The number of nitrogens with one attached hydrogen (secondary N) is 1. The molecule has 0 saturated carbocycles. The highest BCUT2D eigenvalue weighted by molar-refractivity contribution is 5.45. The summed E-state index contributed by atoms with van der Waals surface area (Å²) in [5, 5.41) is 11.3. The Kier molecular flexibility index (Phi) is 4.81. The first-order chi connectivity index (χ1) is 12.9. The van der Waals surface area contributed by atoms with Gasteiger partial charge in [-0.2, -0.15) is 10.1 Å². The fourth-order valence-corrected chi connectivity index (χ4v) is 2.90. The molecule has 0 atom stereocenters. The fraction of sp³-hybridized carbons (Fsp3) is 0.278. The molecule has 8 heteroatoms. The van der Waals surface area contributed by atoms with E-state index >= 15 is 0 Å². The molecule has 0 bridgehead atoms. The summed E-state index contributed by atoms with van der Waals surface area (Å²) in [6, 6.07) is 11.8. The van der Waals surface area contributed by atoms with E-state index in [0.717, 1.165) is 43.5 Å². The fourth-order valence-electron chi connectivity index (χ4n) is 2.90. The first kappa shape index (κ1) is 16.2. The van der Waals surface area contributed by atoms with E-state index in [0.29, 0.717) is 12.5 Å². The topological polar surface area (TPSA) is 83.0 Å². The molecule has 0 radical (unpaired) electrons. The Balaban J connectivity index is 1.36. The number of aromatic nitrogens is 5. The van der Waals surface area contributed by atoms with Gasteiger partial charge < -0.3 is 15.1 Å². The number of nitrogens with zero attached hydrogens (tertiary/aromatic N) is 7. The average molecular weight is 348 g/mol. The summed E-state index contributed by atoms with van der Waals surface area (Å²) in [6.07, 6.45) is 5.31. The van der Waals surface area contributed by atoms with Crippen LogP contribution in [0.25, 0.3) is 0 Å². The van der Waals surface area contributed by atoms with Gasteiger partial charge in [0.15, 0.2) is 5.82 Å². The Morgan fingerprint density at radius 1 is 0.846 bits per heavy atom. The van der Waals surface area contributed by atoms with Crippen molar-refractivity contribution < 1.29 is 0 Å². The van der Waals surface area contributed by atoms with Gasteiger partial charge >= 0.3 is 0 Å². The summed E-state index contributed by atoms with van der Waals surface area (Å²) in [5.41, 5.74) is 0.936. The van der Waals surface area contributed by atoms with Crippen molar-refractivity contribution in [1.29, 1.82) is 0 Å². The first-order valence-electron chi connectivity index (χ1n) is 8.63. The van der Waals surface area contributed by atoms with E-state index in [1.807, 2.05) is 42.6 Å². The second-order valence-corrected chi connectivity index (χ2v) is 5.97. The predicted octanol–water partition coefficient (Wildman–Crippen LogP) is 1.60. The molecule has 132 valence electrons. The molecule has 8 nitrogen and oxygen atoms in total. The average Bonchev–Trinajstić information content (AvgIpc) is 2.74. The molecule has 0 aliphatic carbocycles. The molecule has 1 aliphatic rings.